The minimum atomic E-state index is -0.182. The van der Waals surface area contributed by atoms with E-state index >= 15 is 0 Å². The maximum absolute atomic E-state index is 12.4. The molecule has 2 aromatic rings. The molecule has 140 valence electrons. The predicted octanol–water partition coefficient (Wildman–Crippen LogP) is 1.11. The van der Waals surface area contributed by atoms with Crippen molar-refractivity contribution in [2.75, 3.05) is 13.7 Å². The van der Waals surface area contributed by atoms with E-state index in [1.54, 1.807) is 19.2 Å². The summed E-state index contributed by atoms with van der Waals surface area (Å²) in [6, 6.07) is 4.83. The van der Waals surface area contributed by atoms with E-state index in [0.29, 0.717) is 24.5 Å². The molecule has 1 saturated carbocycles. The number of benzene rings is 1. The van der Waals surface area contributed by atoms with Gasteiger partial charge in [-0.15, -0.1) is 10.2 Å². The van der Waals surface area contributed by atoms with Gasteiger partial charge in [-0.3, -0.25) is 4.79 Å². The Hall–Kier alpha value is -2.45. The van der Waals surface area contributed by atoms with Gasteiger partial charge >= 0.3 is 0 Å². The van der Waals surface area contributed by atoms with Crippen LogP contribution in [0.5, 0.6) is 5.75 Å². The summed E-state index contributed by atoms with van der Waals surface area (Å²) in [5.74, 6) is 1.44. The molecule has 0 atom stereocenters. The zero-order valence-electron chi connectivity index (χ0n) is 15.0. The molecule has 0 spiro atoms. The standard InChI is InChI=1S/C18H24N4O4/c1-11-3-4-14(24)9-15(11)18(25)19-13-7-12(8-13)17-21-20-16(10-23)22(17)5-6-26-2/h3-4,9,12-13,23-24H,5-8,10H2,1-2H3,(H,19,25). The number of methoxy groups -OCH3 is 1. The average Bonchev–Trinajstić information content (AvgIpc) is 3.00. The Morgan fingerprint density at radius 1 is 1.38 bits per heavy atom. The predicted molar refractivity (Wildman–Crippen MR) is 93.9 cm³/mol. The van der Waals surface area contributed by atoms with E-state index in [1.165, 1.54) is 6.07 Å². The van der Waals surface area contributed by atoms with Crippen molar-refractivity contribution in [2.24, 2.45) is 0 Å². The number of carbonyl (C=O) groups is 1. The third-order valence-corrected chi connectivity index (χ3v) is 4.82. The van der Waals surface area contributed by atoms with Crippen LogP contribution in [0.15, 0.2) is 18.2 Å². The van der Waals surface area contributed by atoms with E-state index in [2.05, 4.69) is 15.5 Å². The molecule has 1 aromatic heterocycles. The van der Waals surface area contributed by atoms with Crippen molar-refractivity contribution in [1.82, 2.24) is 20.1 Å². The molecule has 26 heavy (non-hydrogen) atoms. The van der Waals surface area contributed by atoms with Crippen molar-refractivity contribution in [3.8, 4) is 5.75 Å². The molecule has 1 aliphatic carbocycles. The van der Waals surface area contributed by atoms with Gasteiger partial charge in [-0.2, -0.15) is 0 Å². The zero-order valence-corrected chi connectivity index (χ0v) is 15.0. The van der Waals surface area contributed by atoms with Crippen LogP contribution in [0, 0.1) is 6.92 Å². The topological polar surface area (TPSA) is 110 Å². The summed E-state index contributed by atoms with van der Waals surface area (Å²) < 4.78 is 7.00. The van der Waals surface area contributed by atoms with Gasteiger partial charge in [0.1, 0.15) is 18.2 Å². The number of hydrogen-bond donors (Lipinski definition) is 3. The van der Waals surface area contributed by atoms with E-state index in [-0.39, 0.29) is 30.2 Å². The Balaban J connectivity index is 1.61. The fourth-order valence-corrected chi connectivity index (χ4v) is 3.26. The molecule has 0 radical (unpaired) electrons. The van der Waals surface area contributed by atoms with E-state index in [9.17, 15) is 15.0 Å². The second-order valence-electron chi connectivity index (χ2n) is 6.61. The molecule has 1 amide bonds. The number of amides is 1. The van der Waals surface area contributed by atoms with Crippen molar-refractivity contribution in [2.45, 2.75) is 44.9 Å². The number of aliphatic hydroxyl groups excluding tert-OH is 1. The Morgan fingerprint density at radius 3 is 2.85 bits per heavy atom. The number of aryl methyl sites for hydroxylation is 1. The highest BCUT2D eigenvalue weighted by Gasteiger charge is 2.35. The monoisotopic (exact) mass is 360 g/mol. The molecule has 3 N–H and O–H groups in total. The van der Waals surface area contributed by atoms with Gasteiger partial charge in [0.05, 0.1) is 6.61 Å². The molecule has 8 heteroatoms. The van der Waals surface area contributed by atoms with Crippen molar-refractivity contribution in [1.29, 1.82) is 0 Å². The fourth-order valence-electron chi connectivity index (χ4n) is 3.26. The summed E-state index contributed by atoms with van der Waals surface area (Å²) in [6.45, 7) is 2.78. The number of phenolic OH excluding ortho intramolecular Hbond substituents is 1. The second-order valence-corrected chi connectivity index (χ2v) is 6.61. The molecule has 0 bridgehead atoms. The molecular weight excluding hydrogens is 336 g/mol. The van der Waals surface area contributed by atoms with Crippen LogP contribution in [0.3, 0.4) is 0 Å². The zero-order chi connectivity index (χ0) is 18.7. The highest BCUT2D eigenvalue weighted by atomic mass is 16.5. The summed E-state index contributed by atoms with van der Waals surface area (Å²) >= 11 is 0. The van der Waals surface area contributed by atoms with Gasteiger partial charge in [0.15, 0.2) is 5.82 Å². The molecule has 8 nitrogen and oxygen atoms in total. The number of aromatic nitrogens is 3. The first-order chi connectivity index (χ1) is 12.5. The number of aromatic hydroxyl groups is 1. The Morgan fingerprint density at radius 2 is 2.15 bits per heavy atom. The van der Waals surface area contributed by atoms with Crippen LogP contribution in [-0.4, -0.2) is 50.6 Å². The Bertz CT molecular complexity index is 783. The van der Waals surface area contributed by atoms with Crippen LogP contribution >= 0.6 is 0 Å². The minimum absolute atomic E-state index is 0.0550. The van der Waals surface area contributed by atoms with Gasteiger partial charge < -0.3 is 24.8 Å². The minimum Gasteiger partial charge on any atom is -0.508 e. The molecule has 0 saturated heterocycles. The van der Waals surface area contributed by atoms with Gasteiger partial charge in [0.2, 0.25) is 0 Å². The number of phenols is 1. The number of rotatable bonds is 7. The van der Waals surface area contributed by atoms with Crippen LogP contribution in [-0.2, 0) is 17.9 Å². The van der Waals surface area contributed by atoms with Crippen molar-refractivity contribution >= 4 is 5.91 Å². The SMILES string of the molecule is COCCn1c(CO)nnc1C1CC(NC(=O)c2cc(O)ccc2C)C1. The lowest BCUT2D eigenvalue weighted by molar-refractivity contribution is 0.0905. The number of carbonyl (C=O) groups excluding carboxylic acids is 1. The highest BCUT2D eigenvalue weighted by Crippen LogP contribution is 2.36. The number of aliphatic hydroxyl groups is 1. The van der Waals surface area contributed by atoms with Crippen molar-refractivity contribution < 1.29 is 19.7 Å². The summed E-state index contributed by atoms with van der Waals surface area (Å²) in [7, 11) is 1.63. The number of hydrogen-bond acceptors (Lipinski definition) is 6. The molecule has 1 heterocycles. The fraction of sp³-hybridized carbons (Fsp3) is 0.500. The average molecular weight is 360 g/mol. The Kier molecular flexibility index (Phi) is 5.53. The maximum Gasteiger partial charge on any atom is 0.251 e. The van der Waals surface area contributed by atoms with Crippen LogP contribution in [0.1, 0.15) is 46.3 Å². The molecule has 0 unspecified atom stereocenters. The normalized spacial score (nSPS) is 19.2. The van der Waals surface area contributed by atoms with Crippen LogP contribution < -0.4 is 5.32 Å². The molecule has 3 rings (SSSR count). The first-order valence-corrected chi connectivity index (χ1v) is 8.65. The van der Waals surface area contributed by atoms with Gasteiger partial charge in [-0.05, 0) is 37.5 Å². The summed E-state index contributed by atoms with van der Waals surface area (Å²) in [4.78, 5) is 12.4. The van der Waals surface area contributed by atoms with Crippen LogP contribution in [0.4, 0.5) is 0 Å². The van der Waals surface area contributed by atoms with E-state index in [4.69, 9.17) is 4.74 Å². The lowest BCUT2D eigenvalue weighted by Gasteiger charge is -2.35. The lowest BCUT2D eigenvalue weighted by Crippen LogP contribution is -2.44. The third-order valence-electron chi connectivity index (χ3n) is 4.82. The summed E-state index contributed by atoms with van der Waals surface area (Å²) in [6.07, 6.45) is 1.53. The van der Waals surface area contributed by atoms with Crippen LogP contribution in [0.2, 0.25) is 0 Å². The number of nitrogens with one attached hydrogen (secondary N) is 1. The van der Waals surface area contributed by atoms with Gasteiger partial charge in [0, 0.05) is 31.2 Å². The molecule has 1 aromatic carbocycles. The number of ether oxygens (including phenoxy) is 1. The smallest absolute Gasteiger partial charge is 0.251 e. The van der Waals surface area contributed by atoms with Gasteiger partial charge in [0.25, 0.3) is 5.91 Å². The first-order valence-electron chi connectivity index (χ1n) is 8.65. The van der Waals surface area contributed by atoms with E-state index < -0.39 is 0 Å². The third kappa shape index (κ3) is 3.71. The lowest BCUT2D eigenvalue weighted by atomic mass is 9.79. The maximum atomic E-state index is 12.4. The van der Waals surface area contributed by atoms with E-state index in [1.807, 2.05) is 11.5 Å². The summed E-state index contributed by atoms with van der Waals surface area (Å²) in [5, 5.41) is 30.2. The van der Waals surface area contributed by atoms with Crippen molar-refractivity contribution in [3.63, 3.8) is 0 Å². The quantitative estimate of drug-likeness (QED) is 0.682. The first kappa shape index (κ1) is 18.3. The van der Waals surface area contributed by atoms with Gasteiger partial charge in [-0.25, -0.2) is 0 Å². The van der Waals surface area contributed by atoms with Crippen molar-refractivity contribution in [3.05, 3.63) is 41.0 Å². The highest BCUT2D eigenvalue weighted by molar-refractivity contribution is 5.96. The molecular formula is C18H24N4O4. The largest absolute Gasteiger partial charge is 0.508 e. The molecule has 1 aliphatic rings. The van der Waals surface area contributed by atoms with E-state index in [0.717, 1.165) is 24.2 Å². The summed E-state index contributed by atoms with van der Waals surface area (Å²) in [5.41, 5.74) is 1.31. The Labute approximate surface area is 151 Å². The number of nitrogens with zero attached hydrogens (tertiary/aromatic N) is 3. The molecule has 0 aliphatic heterocycles. The second kappa shape index (κ2) is 7.84. The molecule has 1 fully saturated rings. The van der Waals surface area contributed by atoms with Crippen LogP contribution in [0.25, 0.3) is 0 Å². The van der Waals surface area contributed by atoms with Gasteiger partial charge in [-0.1, -0.05) is 6.07 Å².